The molecule has 0 aliphatic heterocycles. The molecule has 0 radical (unpaired) electrons. The lowest BCUT2D eigenvalue weighted by molar-refractivity contribution is 0.0741. The maximum Gasteiger partial charge on any atom is 0.270 e. The molecule has 4 heterocycles. The Kier molecular flexibility index (Phi) is 4.80. The van der Waals surface area contributed by atoms with Crippen LogP contribution in [0.2, 0.25) is 0 Å². The molecule has 0 spiro atoms. The summed E-state index contributed by atoms with van der Waals surface area (Å²) in [6, 6.07) is 9.51. The lowest BCUT2D eigenvalue weighted by Crippen LogP contribution is -2.31. The first-order chi connectivity index (χ1) is 13.8. The second kappa shape index (κ2) is 7.72. The Labute approximate surface area is 160 Å². The molecule has 4 rings (SSSR count). The number of hydrogen-bond donors (Lipinski definition) is 2. The molecule has 28 heavy (non-hydrogen) atoms. The second-order valence-corrected chi connectivity index (χ2v) is 6.26. The molecule has 138 valence electrons. The molecule has 0 aromatic carbocycles. The molecule has 0 saturated carbocycles. The highest BCUT2D eigenvalue weighted by atomic mass is 16.2. The molecule has 4 aromatic heterocycles. The van der Waals surface area contributed by atoms with Gasteiger partial charge < -0.3 is 14.9 Å². The van der Waals surface area contributed by atoms with Crippen molar-refractivity contribution in [2.24, 2.45) is 0 Å². The molecule has 0 aliphatic rings. The number of fused-ring (bicyclic) bond motifs is 1. The van der Waals surface area contributed by atoms with Crippen molar-refractivity contribution in [1.82, 2.24) is 29.8 Å². The monoisotopic (exact) mass is 371 g/mol. The van der Waals surface area contributed by atoms with E-state index in [0.29, 0.717) is 18.8 Å². The van der Waals surface area contributed by atoms with E-state index in [-0.39, 0.29) is 12.3 Å². The molecular formula is C20H17N7O. The predicted molar refractivity (Wildman–Crippen MR) is 103 cm³/mol. The summed E-state index contributed by atoms with van der Waals surface area (Å²) in [5.41, 5.74) is 3.64. The number of rotatable bonds is 6. The third-order valence-corrected chi connectivity index (χ3v) is 4.42. The summed E-state index contributed by atoms with van der Waals surface area (Å²) in [5, 5.41) is 9.83. The van der Waals surface area contributed by atoms with E-state index in [0.717, 1.165) is 27.9 Å². The van der Waals surface area contributed by atoms with Crippen LogP contribution in [0.15, 0.2) is 55.4 Å². The van der Waals surface area contributed by atoms with Crippen molar-refractivity contribution in [3.05, 3.63) is 66.6 Å². The van der Waals surface area contributed by atoms with Gasteiger partial charge in [0.05, 0.1) is 18.2 Å². The molecule has 4 aromatic rings. The smallest absolute Gasteiger partial charge is 0.270 e. The van der Waals surface area contributed by atoms with Crippen molar-refractivity contribution in [3.8, 4) is 17.3 Å². The Hall–Kier alpha value is -3.99. The van der Waals surface area contributed by atoms with Gasteiger partial charge >= 0.3 is 0 Å². The number of nitriles is 1. The summed E-state index contributed by atoms with van der Waals surface area (Å²) < 4.78 is 0. The van der Waals surface area contributed by atoms with E-state index in [4.69, 9.17) is 5.26 Å². The number of nitrogens with one attached hydrogen (secondary N) is 2. The zero-order chi connectivity index (χ0) is 19.3. The molecule has 0 unspecified atom stereocenters. The van der Waals surface area contributed by atoms with Crippen LogP contribution in [0.5, 0.6) is 0 Å². The molecule has 0 saturated heterocycles. The molecule has 0 bridgehead atoms. The maximum absolute atomic E-state index is 13.0. The molecule has 1 amide bonds. The van der Waals surface area contributed by atoms with E-state index in [9.17, 15) is 4.79 Å². The van der Waals surface area contributed by atoms with Crippen LogP contribution in [0.1, 0.15) is 22.5 Å². The van der Waals surface area contributed by atoms with Gasteiger partial charge in [-0.25, -0.2) is 9.97 Å². The molecule has 0 aliphatic carbocycles. The number of amides is 1. The van der Waals surface area contributed by atoms with Gasteiger partial charge in [0.25, 0.3) is 5.91 Å². The lowest BCUT2D eigenvalue weighted by atomic mass is 10.1. The Bertz CT molecular complexity index is 1140. The summed E-state index contributed by atoms with van der Waals surface area (Å²) in [6.45, 7) is 0.729. The minimum absolute atomic E-state index is 0.176. The van der Waals surface area contributed by atoms with Gasteiger partial charge in [0, 0.05) is 48.8 Å². The van der Waals surface area contributed by atoms with Gasteiger partial charge in [-0.2, -0.15) is 5.26 Å². The number of carbonyl (C=O) groups is 1. The van der Waals surface area contributed by atoms with Crippen molar-refractivity contribution in [2.75, 3.05) is 6.54 Å². The van der Waals surface area contributed by atoms with Crippen LogP contribution in [-0.4, -0.2) is 42.3 Å². The minimum Gasteiger partial charge on any atom is -0.357 e. The van der Waals surface area contributed by atoms with E-state index in [1.165, 1.54) is 6.33 Å². The molecule has 0 atom stereocenters. The van der Waals surface area contributed by atoms with Crippen molar-refractivity contribution in [3.63, 3.8) is 0 Å². The average Bonchev–Trinajstić information content (AvgIpc) is 3.40. The number of aromatic nitrogens is 5. The van der Waals surface area contributed by atoms with Gasteiger partial charge in [0.2, 0.25) is 0 Å². The van der Waals surface area contributed by atoms with Crippen molar-refractivity contribution < 1.29 is 4.79 Å². The first-order valence-corrected chi connectivity index (χ1v) is 8.78. The number of nitrogens with zero attached hydrogens (tertiary/aromatic N) is 5. The van der Waals surface area contributed by atoms with Gasteiger partial charge in [-0.3, -0.25) is 9.78 Å². The van der Waals surface area contributed by atoms with E-state index < -0.39 is 0 Å². The summed E-state index contributed by atoms with van der Waals surface area (Å²) >= 11 is 0. The maximum atomic E-state index is 13.0. The number of H-pyrrole nitrogens is 2. The fourth-order valence-corrected chi connectivity index (χ4v) is 3.08. The van der Waals surface area contributed by atoms with Crippen molar-refractivity contribution in [1.29, 1.82) is 5.26 Å². The first-order valence-electron chi connectivity index (χ1n) is 8.78. The van der Waals surface area contributed by atoms with Crippen LogP contribution < -0.4 is 0 Å². The third-order valence-electron chi connectivity index (χ3n) is 4.42. The van der Waals surface area contributed by atoms with Crippen LogP contribution >= 0.6 is 0 Å². The fraction of sp³-hybridized carbons (Fsp3) is 0.150. The largest absolute Gasteiger partial charge is 0.357 e. The van der Waals surface area contributed by atoms with Crippen LogP contribution in [0.4, 0.5) is 0 Å². The van der Waals surface area contributed by atoms with Gasteiger partial charge in [-0.15, -0.1) is 0 Å². The Balaban J connectivity index is 1.61. The molecule has 0 fully saturated rings. The Morgan fingerprint density at radius 1 is 1.25 bits per heavy atom. The van der Waals surface area contributed by atoms with Crippen LogP contribution in [0.3, 0.4) is 0 Å². The predicted octanol–water partition coefficient (Wildman–Crippen LogP) is 2.90. The molecule has 2 N–H and O–H groups in total. The number of carbonyl (C=O) groups excluding carboxylic acids is 1. The van der Waals surface area contributed by atoms with Crippen LogP contribution in [0.25, 0.3) is 22.3 Å². The zero-order valence-electron chi connectivity index (χ0n) is 15.0. The van der Waals surface area contributed by atoms with E-state index >= 15 is 0 Å². The average molecular weight is 371 g/mol. The summed E-state index contributed by atoms with van der Waals surface area (Å²) in [5.74, 6) is -0.176. The van der Waals surface area contributed by atoms with Gasteiger partial charge in [0.15, 0.2) is 0 Å². The van der Waals surface area contributed by atoms with Crippen LogP contribution in [-0.2, 0) is 6.54 Å². The molecular weight excluding hydrogens is 354 g/mol. The second-order valence-electron chi connectivity index (χ2n) is 6.26. The standard InChI is InChI=1S/C20H17N7O/c21-5-2-8-27(12-14-3-1-6-22-10-14)20(28)17-9-15(11-24-17)18-16-4-7-23-19(16)26-13-25-18/h1,3-4,6-7,9-11,13,24H,2,8,12H2,(H,23,25,26). The lowest BCUT2D eigenvalue weighted by Gasteiger charge is -2.21. The highest BCUT2D eigenvalue weighted by molar-refractivity contribution is 5.96. The van der Waals surface area contributed by atoms with Crippen LogP contribution in [0, 0.1) is 11.3 Å². The van der Waals surface area contributed by atoms with E-state index in [1.807, 2.05) is 18.2 Å². The SMILES string of the molecule is N#CCCN(Cc1cccnc1)C(=O)c1cc(-c2ncnc3[nH]ccc23)c[nH]1. The topological polar surface area (TPSA) is 114 Å². The van der Waals surface area contributed by atoms with Gasteiger partial charge in [-0.1, -0.05) is 6.07 Å². The number of hydrogen-bond acceptors (Lipinski definition) is 5. The minimum atomic E-state index is -0.176. The summed E-state index contributed by atoms with van der Waals surface area (Å²) in [6.07, 6.45) is 8.72. The normalized spacial score (nSPS) is 10.7. The number of pyridine rings is 1. The fourth-order valence-electron chi connectivity index (χ4n) is 3.08. The molecule has 8 heteroatoms. The zero-order valence-corrected chi connectivity index (χ0v) is 15.0. The van der Waals surface area contributed by atoms with Crippen molar-refractivity contribution >= 4 is 16.9 Å². The summed E-state index contributed by atoms with van der Waals surface area (Å²) in [4.78, 5) is 33.4. The van der Waals surface area contributed by atoms with E-state index in [1.54, 1.807) is 35.8 Å². The first kappa shape index (κ1) is 17.4. The van der Waals surface area contributed by atoms with Gasteiger partial charge in [0.1, 0.15) is 17.7 Å². The van der Waals surface area contributed by atoms with Crippen molar-refractivity contribution in [2.45, 2.75) is 13.0 Å². The highest BCUT2D eigenvalue weighted by Crippen LogP contribution is 2.25. The summed E-state index contributed by atoms with van der Waals surface area (Å²) in [7, 11) is 0. The Morgan fingerprint density at radius 3 is 3.00 bits per heavy atom. The van der Waals surface area contributed by atoms with E-state index in [2.05, 4.69) is 31.0 Å². The van der Waals surface area contributed by atoms with Gasteiger partial charge in [-0.05, 0) is 23.8 Å². The quantitative estimate of drug-likeness (QED) is 0.541. The highest BCUT2D eigenvalue weighted by Gasteiger charge is 2.19. The molecule has 8 nitrogen and oxygen atoms in total. The third kappa shape index (κ3) is 3.46. The Morgan fingerprint density at radius 2 is 2.18 bits per heavy atom. The number of aromatic amines is 2.